The molecule has 5 rings (SSSR count). The number of fused-ring (bicyclic) bond motifs is 1. The van der Waals surface area contributed by atoms with Gasteiger partial charge >= 0.3 is 0 Å². The second-order valence-electron chi connectivity index (χ2n) is 8.29. The van der Waals surface area contributed by atoms with E-state index in [0.717, 1.165) is 49.1 Å². The predicted molar refractivity (Wildman–Crippen MR) is 129 cm³/mol. The third-order valence-corrected chi connectivity index (χ3v) is 6.18. The third-order valence-electron chi connectivity index (χ3n) is 6.18. The molecular weight excluding hydrogens is 418 g/mol. The van der Waals surface area contributed by atoms with Crippen LogP contribution in [0.3, 0.4) is 0 Å². The Morgan fingerprint density at radius 3 is 1.88 bits per heavy atom. The fraction of sp³-hybridized carbons (Fsp3) is 0.375. The first-order valence-corrected chi connectivity index (χ1v) is 11.3. The zero-order valence-electron chi connectivity index (χ0n) is 19.0. The summed E-state index contributed by atoms with van der Waals surface area (Å²) in [5.74, 6) is 3.25. The van der Waals surface area contributed by atoms with Gasteiger partial charge in [-0.3, -0.25) is 4.90 Å². The van der Waals surface area contributed by atoms with Gasteiger partial charge in [-0.25, -0.2) is 0 Å². The summed E-state index contributed by atoms with van der Waals surface area (Å²) in [5, 5.41) is 6.61. The Labute approximate surface area is 193 Å². The lowest BCUT2D eigenvalue weighted by atomic mass is 10.1. The van der Waals surface area contributed by atoms with E-state index in [9.17, 15) is 0 Å². The Balaban J connectivity index is 1.42. The number of hydrogen-bond acceptors (Lipinski definition) is 9. The molecule has 0 amide bonds. The van der Waals surface area contributed by atoms with Crippen molar-refractivity contribution < 1.29 is 9.47 Å². The molecule has 1 atom stereocenters. The molecule has 0 aliphatic carbocycles. The van der Waals surface area contributed by atoms with Gasteiger partial charge in [0, 0.05) is 30.5 Å². The Hall–Kier alpha value is -3.59. The highest BCUT2D eigenvalue weighted by Gasteiger charge is 2.31. The number of rotatable bonds is 7. The topological polar surface area (TPSA) is 87.7 Å². The van der Waals surface area contributed by atoms with Crippen LogP contribution in [0.5, 0.6) is 11.5 Å². The molecule has 33 heavy (non-hydrogen) atoms. The zero-order chi connectivity index (χ0) is 22.6. The molecule has 1 aromatic heterocycles. The van der Waals surface area contributed by atoms with Crippen molar-refractivity contribution in [3.05, 3.63) is 48.5 Å². The fourth-order valence-corrected chi connectivity index (χ4v) is 4.39. The average molecular weight is 448 g/mol. The van der Waals surface area contributed by atoms with Crippen molar-refractivity contribution in [3.63, 3.8) is 0 Å². The molecule has 2 N–H and O–H groups in total. The number of benzene rings is 2. The van der Waals surface area contributed by atoms with E-state index in [0.29, 0.717) is 23.9 Å². The summed E-state index contributed by atoms with van der Waals surface area (Å²) >= 11 is 0. The van der Waals surface area contributed by atoms with E-state index in [-0.39, 0.29) is 0 Å². The maximum atomic E-state index is 5.25. The summed E-state index contributed by atoms with van der Waals surface area (Å²) in [5.41, 5.74) is 1.75. The molecule has 172 valence electrons. The van der Waals surface area contributed by atoms with Gasteiger partial charge in [0.2, 0.25) is 17.8 Å². The third kappa shape index (κ3) is 4.93. The van der Waals surface area contributed by atoms with Crippen molar-refractivity contribution in [1.29, 1.82) is 0 Å². The molecule has 9 nitrogen and oxygen atoms in total. The molecule has 0 spiro atoms. The van der Waals surface area contributed by atoms with Crippen LogP contribution in [0.25, 0.3) is 0 Å². The van der Waals surface area contributed by atoms with Crippen LogP contribution in [0.4, 0.5) is 29.2 Å². The number of nitrogens with zero attached hydrogens (tertiary/aromatic N) is 5. The molecule has 2 fully saturated rings. The Bertz CT molecular complexity index is 1010. The van der Waals surface area contributed by atoms with Gasteiger partial charge in [-0.15, -0.1) is 0 Å². The normalized spacial score (nSPS) is 18.0. The smallest absolute Gasteiger partial charge is 0.233 e. The molecular formula is C24H29N7O2. The second-order valence-corrected chi connectivity index (χ2v) is 8.29. The quantitative estimate of drug-likeness (QED) is 0.558. The zero-order valence-corrected chi connectivity index (χ0v) is 19.0. The van der Waals surface area contributed by atoms with Crippen molar-refractivity contribution in [2.24, 2.45) is 0 Å². The Morgan fingerprint density at radius 1 is 0.758 bits per heavy atom. The van der Waals surface area contributed by atoms with E-state index in [1.807, 2.05) is 48.5 Å². The fourth-order valence-electron chi connectivity index (χ4n) is 4.39. The lowest BCUT2D eigenvalue weighted by Crippen LogP contribution is -2.48. The molecule has 2 aliphatic rings. The number of ether oxygens (including phenoxy) is 2. The summed E-state index contributed by atoms with van der Waals surface area (Å²) in [6.07, 6.45) is 3.69. The Kier molecular flexibility index (Phi) is 6.12. The number of aromatic nitrogens is 3. The monoisotopic (exact) mass is 447 g/mol. The van der Waals surface area contributed by atoms with Gasteiger partial charge in [0.15, 0.2) is 0 Å². The highest BCUT2D eigenvalue weighted by Crippen LogP contribution is 2.28. The van der Waals surface area contributed by atoms with Crippen molar-refractivity contribution in [1.82, 2.24) is 19.9 Å². The van der Waals surface area contributed by atoms with Gasteiger partial charge in [0.1, 0.15) is 11.5 Å². The summed E-state index contributed by atoms with van der Waals surface area (Å²) in [4.78, 5) is 18.9. The lowest BCUT2D eigenvalue weighted by molar-refractivity contribution is 0.209. The molecule has 2 saturated heterocycles. The molecule has 9 heteroatoms. The number of methoxy groups -OCH3 is 2. The molecule has 3 heterocycles. The van der Waals surface area contributed by atoms with E-state index < -0.39 is 0 Å². The minimum absolute atomic E-state index is 0.490. The molecule has 2 aromatic carbocycles. The van der Waals surface area contributed by atoms with Gasteiger partial charge in [0.05, 0.1) is 20.9 Å². The van der Waals surface area contributed by atoms with E-state index >= 15 is 0 Å². The van der Waals surface area contributed by atoms with E-state index in [1.54, 1.807) is 14.2 Å². The van der Waals surface area contributed by atoms with Gasteiger partial charge in [-0.1, -0.05) is 0 Å². The minimum Gasteiger partial charge on any atom is -0.497 e. The van der Waals surface area contributed by atoms with Crippen LogP contribution in [-0.2, 0) is 0 Å². The second kappa shape index (κ2) is 9.50. The minimum atomic E-state index is 0.490. The van der Waals surface area contributed by atoms with Crippen molar-refractivity contribution in [3.8, 4) is 11.5 Å². The molecule has 2 aliphatic heterocycles. The maximum absolute atomic E-state index is 5.25. The van der Waals surface area contributed by atoms with E-state index in [4.69, 9.17) is 19.4 Å². The molecule has 0 saturated carbocycles. The van der Waals surface area contributed by atoms with Crippen LogP contribution in [0, 0.1) is 0 Å². The molecule has 0 radical (unpaired) electrons. The van der Waals surface area contributed by atoms with Gasteiger partial charge in [-0.2, -0.15) is 15.0 Å². The van der Waals surface area contributed by atoms with Crippen molar-refractivity contribution in [2.75, 3.05) is 49.5 Å². The largest absolute Gasteiger partial charge is 0.497 e. The van der Waals surface area contributed by atoms with Crippen LogP contribution in [-0.4, -0.2) is 59.9 Å². The van der Waals surface area contributed by atoms with Crippen LogP contribution >= 0.6 is 0 Å². The Morgan fingerprint density at radius 2 is 1.33 bits per heavy atom. The van der Waals surface area contributed by atoms with Gasteiger partial charge < -0.3 is 25.0 Å². The van der Waals surface area contributed by atoms with E-state index in [1.165, 1.54) is 12.8 Å². The first kappa shape index (κ1) is 21.3. The van der Waals surface area contributed by atoms with Crippen molar-refractivity contribution >= 4 is 29.2 Å². The van der Waals surface area contributed by atoms with Crippen LogP contribution < -0.4 is 25.0 Å². The van der Waals surface area contributed by atoms with E-state index in [2.05, 4.69) is 25.4 Å². The van der Waals surface area contributed by atoms with Crippen LogP contribution in [0.1, 0.15) is 19.3 Å². The predicted octanol–water partition coefficient (Wildman–Crippen LogP) is 4.01. The highest BCUT2D eigenvalue weighted by molar-refractivity contribution is 5.60. The SMILES string of the molecule is COc1ccc(Nc2nc(Nc3ccc(OC)cc3)nc(N3CC[C@@H]4CCCN4C3)n2)cc1. The molecule has 0 unspecified atom stereocenters. The van der Waals surface area contributed by atoms with Gasteiger partial charge in [-0.05, 0) is 67.8 Å². The van der Waals surface area contributed by atoms with Crippen molar-refractivity contribution in [2.45, 2.75) is 25.3 Å². The summed E-state index contributed by atoms with van der Waals surface area (Å²) in [6.45, 7) is 2.92. The first-order chi connectivity index (χ1) is 16.2. The lowest BCUT2D eigenvalue weighted by Gasteiger charge is -2.37. The van der Waals surface area contributed by atoms with Crippen LogP contribution in [0.15, 0.2) is 48.5 Å². The number of nitrogens with one attached hydrogen (secondary N) is 2. The molecule has 0 bridgehead atoms. The number of anilines is 5. The first-order valence-electron chi connectivity index (χ1n) is 11.3. The average Bonchev–Trinajstić information content (AvgIpc) is 3.33. The summed E-state index contributed by atoms with van der Waals surface area (Å²) in [7, 11) is 3.31. The summed E-state index contributed by atoms with van der Waals surface area (Å²) in [6, 6.07) is 16.1. The highest BCUT2D eigenvalue weighted by atomic mass is 16.5. The van der Waals surface area contributed by atoms with Crippen LogP contribution in [0.2, 0.25) is 0 Å². The maximum Gasteiger partial charge on any atom is 0.233 e. The summed E-state index contributed by atoms with van der Waals surface area (Å²) < 4.78 is 10.5. The number of hydrogen-bond donors (Lipinski definition) is 2. The molecule has 3 aromatic rings. The standard InChI is InChI=1S/C24H29N7O2/c1-32-20-9-5-17(6-10-20)25-22-27-23(26-18-7-11-21(33-2)12-8-18)29-24(28-22)31-15-13-19-4-3-14-30(19)16-31/h5-12,19H,3-4,13-16H2,1-2H3,(H2,25,26,27,28,29)/t19-/m0/s1. The van der Waals surface area contributed by atoms with Gasteiger partial charge in [0.25, 0.3) is 0 Å².